The molecule has 0 bridgehead atoms. The van der Waals surface area contributed by atoms with Crippen molar-refractivity contribution in [2.75, 3.05) is 0 Å². The van der Waals surface area contributed by atoms with Crippen molar-refractivity contribution in [3.05, 3.63) is 63.7 Å². The second-order valence-corrected chi connectivity index (χ2v) is 10.6. The number of rotatable bonds is 1. The third-order valence-electron chi connectivity index (χ3n) is 3.81. The average molecular weight is 397 g/mol. The molecule has 0 saturated heterocycles. The van der Waals surface area contributed by atoms with Crippen LogP contribution in [0.15, 0.2) is 30.3 Å². The van der Waals surface area contributed by atoms with Crippen molar-refractivity contribution in [1.82, 2.24) is 0 Å². The molecule has 20 heavy (non-hydrogen) atoms. The van der Waals surface area contributed by atoms with Crippen molar-refractivity contribution in [3.63, 3.8) is 0 Å². The average Bonchev–Trinajstić information content (AvgIpc) is 2.58. The first-order valence-electron chi connectivity index (χ1n) is 6.42. The summed E-state index contributed by atoms with van der Waals surface area (Å²) in [6, 6.07) is 9.89. The molecule has 112 valence electrons. The Bertz CT molecular complexity index is 511. The standard InChI is InChI=1S/C10H15.C7H6.2ClH.Ru/c1-6-7(2)9(4)10(5)8(6)3;1-7-5-3-2-4-6-7;;;/h1-5H3;1-6H;2*1H;/q-1;;;;+2/p-2. The van der Waals surface area contributed by atoms with Crippen LogP contribution < -0.4 is 0 Å². The van der Waals surface area contributed by atoms with E-state index in [0.29, 0.717) is 0 Å². The van der Waals surface area contributed by atoms with Gasteiger partial charge in [-0.15, -0.1) is 0 Å². The van der Waals surface area contributed by atoms with Gasteiger partial charge in [-0.25, -0.2) is 0 Å². The van der Waals surface area contributed by atoms with Gasteiger partial charge in [0.2, 0.25) is 0 Å². The molecule has 0 N–H and O–H groups in total. The molecule has 0 unspecified atom stereocenters. The van der Waals surface area contributed by atoms with E-state index in [4.69, 9.17) is 19.4 Å². The van der Waals surface area contributed by atoms with E-state index in [1.165, 1.54) is 27.8 Å². The van der Waals surface area contributed by atoms with E-state index < -0.39 is 13.5 Å². The second-order valence-electron chi connectivity index (χ2n) is 4.84. The quantitative estimate of drug-likeness (QED) is 0.427. The van der Waals surface area contributed by atoms with Crippen LogP contribution in [0.25, 0.3) is 0 Å². The molecule has 0 aliphatic carbocycles. The van der Waals surface area contributed by atoms with Gasteiger partial charge in [0.25, 0.3) is 0 Å². The molecule has 0 radical (unpaired) electrons. The topological polar surface area (TPSA) is 0 Å². The Labute approximate surface area is 135 Å². The second kappa shape index (κ2) is 8.18. The summed E-state index contributed by atoms with van der Waals surface area (Å²) in [6.45, 7) is 11.0. The molecule has 0 aliphatic heterocycles. The number of hydrogen-bond donors (Lipinski definition) is 0. The fraction of sp³-hybridized carbons (Fsp3) is 0.294. The van der Waals surface area contributed by atoms with Crippen molar-refractivity contribution in [3.8, 4) is 0 Å². The summed E-state index contributed by atoms with van der Waals surface area (Å²) in [6.07, 6.45) is 0. The molecule has 2 aromatic carbocycles. The fourth-order valence-corrected chi connectivity index (χ4v) is 3.84. The van der Waals surface area contributed by atoms with Gasteiger partial charge in [0.1, 0.15) is 0 Å². The molecule has 0 atom stereocenters. The van der Waals surface area contributed by atoms with E-state index in [9.17, 15) is 0 Å². The number of benzene rings is 1. The fourth-order valence-electron chi connectivity index (χ4n) is 2.02. The van der Waals surface area contributed by atoms with Crippen LogP contribution in [0.4, 0.5) is 0 Å². The van der Waals surface area contributed by atoms with Gasteiger partial charge in [-0.2, -0.15) is 27.8 Å². The molecule has 0 saturated carbocycles. The summed E-state index contributed by atoms with van der Waals surface area (Å²) >= 11 is -1.61. The van der Waals surface area contributed by atoms with Crippen molar-refractivity contribution < 1.29 is 13.5 Å². The molecule has 0 nitrogen and oxygen atoms in total. The Morgan fingerprint density at radius 1 is 0.900 bits per heavy atom. The molecule has 0 aliphatic rings. The van der Waals surface area contributed by atoms with Crippen molar-refractivity contribution in [1.29, 1.82) is 0 Å². The third kappa shape index (κ3) is 4.88. The summed E-state index contributed by atoms with van der Waals surface area (Å²) in [5.41, 5.74) is 8.45. The first-order valence-corrected chi connectivity index (χ1v) is 11.9. The van der Waals surface area contributed by atoms with Crippen LogP contribution in [0.5, 0.6) is 0 Å². The van der Waals surface area contributed by atoms with Crippen LogP contribution in [0, 0.1) is 34.6 Å². The number of hydrogen-bond acceptors (Lipinski definition) is 0. The zero-order valence-electron chi connectivity index (χ0n) is 12.6. The van der Waals surface area contributed by atoms with Crippen LogP contribution in [0.2, 0.25) is 0 Å². The molecule has 0 aromatic heterocycles. The number of halogens is 2. The van der Waals surface area contributed by atoms with Gasteiger partial charge in [0.05, 0.1) is 0 Å². The molecule has 0 amide bonds. The Kier molecular flexibility index (Phi) is 7.23. The molecule has 0 spiro atoms. The summed E-state index contributed by atoms with van der Waals surface area (Å²) < 4.78 is 1.92. The summed E-state index contributed by atoms with van der Waals surface area (Å²) in [4.78, 5) is 0. The van der Waals surface area contributed by atoms with Gasteiger partial charge >= 0.3 is 73.4 Å². The van der Waals surface area contributed by atoms with E-state index >= 15 is 0 Å². The normalized spacial score (nSPS) is 10.7. The van der Waals surface area contributed by atoms with Crippen molar-refractivity contribution in [2.24, 2.45) is 0 Å². The Morgan fingerprint density at radius 3 is 1.65 bits per heavy atom. The Balaban J connectivity index is 0.000000200. The van der Waals surface area contributed by atoms with E-state index in [2.05, 4.69) is 34.6 Å². The van der Waals surface area contributed by atoms with Gasteiger partial charge in [0.15, 0.2) is 0 Å². The zero-order chi connectivity index (χ0) is 15.3. The predicted molar refractivity (Wildman–Crippen MR) is 89.0 cm³/mol. The summed E-state index contributed by atoms with van der Waals surface area (Å²) in [7, 11) is 11.3. The maximum atomic E-state index is 5.67. The van der Waals surface area contributed by atoms with Gasteiger partial charge in [-0.05, 0) is 0 Å². The summed E-state index contributed by atoms with van der Waals surface area (Å²) in [5, 5.41) is 0. The van der Waals surface area contributed by atoms with Gasteiger partial charge < -0.3 is 0 Å². The van der Waals surface area contributed by atoms with E-state index in [-0.39, 0.29) is 0 Å². The summed E-state index contributed by atoms with van der Waals surface area (Å²) in [5.74, 6) is 0. The van der Waals surface area contributed by atoms with Crippen LogP contribution in [-0.2, 0) is 13.5 Å². The van der Waals surface area contributed by atoms with Crippen LogP contribution in [-0.4, -0.2) is 4.61 Å². The third-order valence-corrected chi connectivity index (χ3v) is 5.68. The minimum absolute atomic E-state index is 1.12. The molecule has 0 fully saturated rings. The molecule has 0 heterocycles. The van der Waals surface area contributed by atoms with Gasteiger partial charge in [-0.3, -0.25) is 0 Å². The molecular weight excluding hydrogens is 376 g/mol. The Morgan fingerprint density at radius 2 is 1.35 bits per heavy atom. The predicted octanol–water partition coefficient (Wildman–Crippen LogP) is 5.71. The molecule has 3 heteroatoms. The van der Waals surface area contributed by atoms with E-state index in [1.54, 1.807) is 0 Å². The van der Waals surface area contributed by atoms with E-state index in [0.717, 1.165) is 5.56 Å². The monoisotopic (exact) mass is 397 g/mol. The van der Waals surface area contributed by atoms with Crippen molar-refractivity contribution >= 4 is 24.0 Å². The zero-order valence-corrected chi connectivity index (χ0v) is 15.8. The van der Waals surface area contributed by atoms with Gasteiger partial charge in [-0.1, -0.05) is 34.6 Å². The van der Waals surface area contributed by atoms with Crippen LogP contribution in [0.3, 0.4) is 0 Å². The molecule has 2 aromatic rings. The first-order chi connectivity index (χ1) is 9.34. The maximum absolute atomic E-state index is 5.67. The Hall–Kier alpha value is -0.357. The van der Waals surface area contributed by atoms with Gasteiger partial charge in [0, 0.05) is 0 Å². The van der Waals surface area contributed by atoms with E-state index in [1.807, 2.05) is 34.9 Å². The molecule has 2 rings (SSSR count). The molecular formula is C17H21Cl2Ru-. The van der Waals surface area contributed by atoms with Crippen LogP contribution >= 0.6 is 19.4 Å². The van der Waals surface area contributed by atoms with Crippen LogP contribution in [0.1, 0.15) is 33.4 Å². The minimum atomic E-state index is -1.61. The van der Waals surface area contributed by atoms with Crippen molar-refractivity contribution in [2.45, 2.75) is 34.6 Å². The SMILES string of the molecule is Cc1c(C)c(C)[c-](C)c1C.[Cl][Ru]([Cl])=[CH]c1ccccc1. The first kappa shape index (κ1) is 17.7.